The van der Waals surface area contributed by atoms with E-state index < -0.39 is 12.0 Å². The Morgan fingerprint density at radius 1 is 1.28 bits per heavy atom. The monoisotopic (exact) mass is 434 g/mol. The van der Waals surface area contributed by atoms with Gasteiger partial charge in [-0.25, -0.2) is 9.78 Å². The van der Waals surface area contributed by atoms with Gasteiger partial charge >= 0.3 is 5.97 Å². The van der Waals surface area contributed by atoms with Crippen molar-refractivity contribution in [2.24, 2.45) is 5.92 Å². The van der Waals surface area contributed by atoms with E-state index in [1.807, 2.05) is 61.0 Å². The second-order valence-electron chi connectivity index (χ2n) is 7.95. The molecule has 0 spiro atoms. The summed E-state index contributed by atoms with van der Waals surface area (Å²) in [5, 5.41) is 14.1. The summed E-state index contributed by atoms with van der Waals surface area (Å²) in [6, 6.07) is 10.6. The third kappa shape index (κ3) is 4.03. The molecule has 166 valence electrons. The van der Waals surface area contributed by atoms with Crippen LogP contribution in [-0.2, 0) is 16.1 Å². The minimum absolute atomic E-state index is 0.00151. The fraction of sp³-hybridized carbons (Fsp3) is 0.292. The normalized spacial score (nSPS) is 13.2. The molecule has 0 radical (unpaired) electrons. The van der Waals surface area contributed by atoms with Gasteiger partial charge in [0.2, 0.25) is 5.91 Å². The van der Waals surface area contributed by atoms with E-state index in [0.29, 0.717) is 12.2 Å². The lowest BCUT2D eigenvalue weighted by Crippen LogP contribution is -2.46. The molecule has 1 amide bonds. The Hall–Kier alpha value is -3.81. The highest BCUT2D eigenvalue weighted by Crippen LogP contribution is 2.34. The lowest BCUT2D eigenvalue weighted by Gasteiger charge is -2.20. The van der Waals surface area contributed by atoms with Crippen molar-refractivity contribution < 1.29 is 19.4 Å². The standard InChI is InChI=1S/C24H26N4O4/c1-4-14(2)22(24(30)31)27-21(29)13-28-12-18(17-11-16(32-3)7-8-20(17)28)19-10-15-6-5-9-25-23(15)26-19/h5-12,14,22H,4,13H2,1-3H3,(H,25,26)(H,27,29)(H,30,31). The van der Waals surface area contributed by atoms with E-state index in [1.165, 1.54) is 0 Å². The van der Waals surface area contributed by atoms with Crippen LogP contribution in [0.1, 0.15) is 20.3 Å². The SMILES string of the molecule is CCC(C)C(NC(=O)Cn1cc(-c2cc3cccnc3[nH]2)c2cc(OC)ccc21)C(=O)O. The van der Waals surface area contributed by atoms with Crippen LogP contribution < -0.4 is 10.1 Å². The third-order valence-corrected chi connectivity index (χ3v) is 5.88. The lowest BCUT2D eigenvalue weighted by atomic mass is 9.99. The maximum atomic E-state index is 12.8. The smallest absolute Gasteiger partial charge is 0.326 e. The summed E-state index contributed by atoms with van der Waals surface area (Å²) in [6.45, 7) is 3.72. The molecule has 3 aromatic heterocycles. The van der Waals surface area contributed by atoms with Crippen molar-refractivity contribution in [2.45, 2.75) is 32.9 Å². The molecule has 0 aliphatic heterocycles. The van der Waals surface area contributed by atoms with Crippen molar-refractivity contribution in [3.05, 3.63) is 48.8 Å². The molecule has 0 aliphatic carbocycles. The highest BCUT2D eigenvalue weighted by molar-refractivity contribution is 5.99. The van der Waals surface area contributed by atoms with Gasteiger partial charge in [-0.05, 0) is 42.3 Å². The van der Waals surface area contributed by atoms with Gasteiger partial charge in [-0.3, -0.25) is 4.79 Å². The van der Waals surface area contributed by atoms with Gasteiger partial charge in [0.1, 0.15) is 24.0 Å². The number of nitrogens with zero attached hydrogens (tertiary/aromatic N) is 2. The van der Waals surface area contributed by atoms with Crippen LogP contribution in [0.4, 0.5) is 0 Å². The number of carbonyl (C=O) groups is 2. The zero-order chi connectivity index (χ0) is 22.8. The van der Waals surface area contributed by atoms with Gasteiger partial charge in [0, 0.05) is 39.9 Å². The minimum atomic E-state index is -1.03. The molecular weight excluding hydrogens is 408 g/mol. The summed E-state index contributed by atoms with van der Waals surface area (Å²) in [7, 11) is 1.61. The van der Waals surface area contributed by atoms with Gasteiger partial charge in [0.15, 0.2) is 0 Å². The summed E-state index contributed by atoms with van der Waals surface area (Å²) in [6.07, 6.45) is 4.28. The number of aliphatic carboxylic acids is 1. The van der Waals surface area contributed by atoms with Crippen molar-refractivity contribution in [3.63, 3.8) is 0 Å². The van der Waals surface area contributed by atoms with Crippen LogP contribution in [0.3, 0.4) is 0 Å². The first-order valence-electron chi connectivity index (χ1n) is 10.5. The van der Waals surface area contributed by atoms with Crippen LogP contribution in [0.5, 0.6) is 5.75 Å². The van der Waals surface area contributed by atoms with Crippen LogP contribution in [-0.4, -0.2) is 44.7 Å². The summed E-state index contributed by atoms with van der Waals surface area (Å²) in [4.78, 5) is 32.1. The van der Waals surface area contributed by atoms with E-state index in [4.69, 9.17) is 4.74 Å². The number of ether oxygens (including phenoxy) is 1. The van der Waals surface area contributed by atoms with Gasteiger partial charge < -0.3 is 24.7 Å². The number of pyridine rings is 1. The molecule has 4 rings (SSSR count). The molecule has 0 aliphatic rings. The number of carbonyl (C=O) groups excluding carboxylic acids is 1. The fourth-order valence-electron chi connectivity index (χ4n) is 3.91. The second-order valence-corrected chi connectivity index (χ2v) is 7.95. The van der Waals surface area contributed by atoms with Crippen molar-refractivity contribution in [2.75, 3.05) is 7.11 Å². The third-order valence-electron chi connectivity index (χ3n) is 5.88. The van der Waals surface area contributed by atoms with E-state index in [1.54, 1.807) is 13.3 Å². The number of fused-ring (bicyclic) bond motifs is 2. The topological polar surface area (TPSA) is 109 Å². The highest BCUT2D eigenvalue weighted by Gasteiger charge is 2.25. The summed E-state index contributed by atoms with van der Waals surface area (Å²) >= 11 is 0. The molecule has 0 saturated carbocycles. The Kier molecular flexibility index (Phi) is 5.85. The fourth-order valence-corrected chi connectivity index (χ4v) is 3.91. The first-order chi connectivity index (χ1) is 15.4. The number of H-pyrrole nitrogens is 1. The number of hydrogen-bond acceptors (Lipinski definition) is 4. The van der Waals surface area contributed by atoms with E-state index in [2.05, 4.69) is 15.3 Å². The Morgan fingerprint density at radius 2 is 2.09 bits per heavy atom. The summed E-state index contributed by atoms with van der Waals surface area (Å²) in [5.74, 6) is -0.842. The first kappa shape index (κ1) is 21.4. The Bertz CT molecular complexity index is 1260. The van der Waals surface area contributed by atoms with Gasteiger partial charge in [0.05, 0.1) is 7.11 Å². The number of benzene rings is 1. The number of carboxylic acids is 1. The first-order valence-corrected chi connectivity index (χ1v) is 10.5. The average molecular weight is 434 g/mol. The van der Waals surface area contributed by atoms with Crippen molar-refractivity contribution in [1.29, 1.82) is 0 Å². The molecule has 8 heteroatoms. The van der Waals surface area contributed by atoms with Crippen LogP contribution in [0, 0.1) is 5.92 Å². The predicted octanol–water partition coefficient (Wildman–Crippen LogP) is 3.81. The molecule has 3 N–H and O–H groups in total. The maximum absolute atomic E-state index is 12.8. The van der Waals surface area contributed by atoms with Crippen molar-refractivity contribution in [3.8, 4) is 17.0 Å². The van der Waals surface area contributed by atoms with Crippen molar-refractivity contribution >= 4 is 33.8 Å². The van der Waals surface area contributed by atoms with Gasteiger partial charge in [0.25, 0.3) is 0 Å². The Morgan fingerprint density at radius 3 is 2.78 bits per heavy atom. The predicted molar refractivity (Wildman–Crippen MR) is 123 cm³/mol. The van der Waals surface area contributed by atoms with E-state index in [9.17, 15) is 14.7 Å². The Labute approximate surface area is 185 Å². The molecule has 3 heterocycles. The van der Waals surface area contributed by atoms with E-state index in [0.717, 1.165) is 33.2 Å². The van der Waals surface area contributed by atoms with Crippen LogP contribution in [0.15, 0.2) is 48.8 Å². The number of rotatable bonds is 8. The number of hydrogen-bond donors (Lipinski definition) is 3. The molecular formula is C24H26N4O4. The Balaban J connectivity index is 1.72. The van der Waals surface area contributed by atoms with Crippen LogP contribution >= 0.6 is 0 Å². The quantitative estimate of drug-likeness (QED) is 0.391. The summed E-state index contributed by atoms with van der Waals surface area (Å²) < 4.78 is 7.23. The van der Waals surface area contributed by atoms with E-state index in [-0.39, 0.29) is 18.4 Å². The zero-order valence-corrected chi connectivity index (χ0v) is 18.3. The molecule has 4 aromatic rings. The lowest BCUT2D eigenvalue weighted by molar-refractivity contribution is -0.143. The van der Waals surface area contributed by atoms with Crippen LogP contribution in [0.25, 0.3) is 33.2 Å². The molecule has 32 heavy (non-hydrogen) atoms. The van der Waals surface area contributed by atoms with Crippen molar-refractivity contribution in [1.82, 2.24) is 19.9 Å². The number of aromatic amines is 1. The molecule has 0 bridgehead atoms. The average Bonchev–Trinajstić information content (AvgIpc) is 3.37. The maximum Gasteiger partial charge on any atom is 0.326 e. The van der Waals surface area contributed by atoms with Crippen LogP contribution in [0.2, 0.25) is 0 Å². The second kappa shape index (κ2) is 8.74. The number of nitrogens with one attached hydrogen (secondary N) is 2. The number of aromatic nitrogens is 3. The number of amides is 1. The minimum Gasteiger partial charge on any atom is -0.497 e. The molecule has 0 saturated heterocycles. The molecule has 2 atom stereocenters. The van der Waals surface area contributed by atoms with Gasteiger partial charge in [-0.2, -0.15) is 0 Å². The molecule has 8 nitrogen and oxygen atoms in total. The molecule has 1 aromatic carbocycles. The van der Waals surface area contributed by atoms with Gasteiger partial charge in [-0.1, -0.05) is 20.3 Å². The molecule has 2 unspecified atom stereocenters. The summed E-state index contributed by atoms with van der Waals surface area (Å²) in [5.41, 5.74) is 3.40. The number of carboxylic acid groups (broad SMARTS) is 1. The number of methoxy groups -OCH3 is 1. The highest BCUT2D eigenvalue weighted by atomic mass is 16.5. The van der Waals surface area contributed by atoms with Gasteiger partial charge in [-0.15, -0.1) is 0 Å². The molecule has 0 fully saturated rings. The van der Waals surface area contributed by atoms with E-state index >= 15 is 0 Å². The largest absolute Gasteiger partial charge is 0.497 e. The zero-order valence-electron chi connectivity index (χ0n) is 18.3.